The lowest BCUT2D eigenvalue weighted by Gasteiger charge is -2.30. The number of fused-ring (bicyclic) bond motifs is 15. The van der Waals surface area contributed by atoms with Gasteiger partial charge in [-0.05, 0) is 114 Å². The number of aromatic nitrogens is 3. The van der Waals surface area contributed by atoms with Crippen LogP contribution in [0.15, 0.2) is 212 Å². The summed E-state index contributed by atoms with van der Waals surface area (Å²) in [4.78, 5) is 16.1. The van der Waals surface area contributed by atoms with Gasteiger partial charge in [0.1, 0.15) is 0 Å². The number of hydrogen-bond donors (Lipinski definition) is 0. The van der Waals surface area contributed by atoms with Gasteiger partial charge >= 0.3 is 0 Å². The maximum Gasteiger partial charge on any atom is 0.165 e. The average molecular weight is 830 g/mol. The molecule has 2 aliphatic carbocycles. The molecule has 0 amide bonds. The molecule has 0 saturated heterocycles. The Kier molecular flexibility index (Phi) is 7.48. The summed E-state index contributed by atoms with van der Waals surface area (Å²) in [5.74, 6) is 1.96. The molecule has 12 aromatic rings. The molecule has 0 saturated carbocycles. The number of hydrogen-bond acceptors (Lipinski definition) is 4. The molecule has 10 aromatic carbocycles. The van der Waals surface area contributed by atoms with Crippen LogP contribution in [-0.2, 0) is 5.41 Å². The molecule has 1 spiro atoms. The molecular formula is C60H35N3S. The molecular weight excluding hydrogens is 795 g/mol. The van der Waals surface area contributed by atoms with E-state index >= 15 is 0 Å². The number of nitrogens with zero attached hydrogens (tertiary/aromatic N) is 3. The first kappa shape index (κ1) is 35.5. The monoisotopic (exact) mass is 829 g/mol. The van der Waals surface area contributed by atoms with E-state index < -0.39 is 5.41 Å². The number of benzene rings is 10. The highest BCUT2D eigenvalue weighted by Gasteiger charge is 2.51. The first-order chi connectivity index (χ1) is 31.7. The summed E-state index contributed by atoms with van der Waals surface area (Å²) >= 11 is 1.80. The highest BCUT2D eigenvalue weighted by molar-refractivity contribution is 7.26. The van der Waals surface area contributed by atoms with Gasteiger partial charge < -0.3 is 0 Å². The van der Waals surface area contributed by atoms with Crippen molar-refractivity contribution in [1.29, 1.82) is 0 Å². The first-order valence-electron chi connectivity index (χ1n) is 21.8. The van der Waals surface area contributed by atoms with E-state index in [1.165, 1.54) is 92.0 Å². The van der Waals surface area contributed by atoms with Crippen molar-refractivity contribution in [3.05, 3.63) is 235 Å². The van der Waals surface area contributed by atoms with Gasteiger partial charge in [0.15, 0.2) is 17.5 Å². The minimum absolute atomic E-state index is 0.472. The fourth-order valence-electron chi connectivity index (χ4n) is 10.8. The molecule has 3 nitrogen and oxygen atoms in total. The van der Waals surface area contributed by atoms with Gasteiger partial charge in [0.05, 0.1) is 5.41 Å². The van der Waals surface area contributed by atoms with Crippen LogP contribution in [0.4, 0.5) is 0 Å². The van der Waals surface area contributed by atoms with E-state index in [9.17, 15) is 0 Å². The second-order valence-corrected chi connectivity index (χ2v) is 18.1. The number of thiophene rings is 1. The van der Waals surface area contributed by atoms with Crippen LogP contribution in [0.3, 0.4) is 0 Å². The Morgan fingerprint density at radius 3 is 1.44 bits per heavy atom. The van der Waals surface area contributed by atoms with Crippen LogP contribution in [0.1, 0.15) is 22.3 Å². The first-order valence-corrected chi connectivity index (χ1v) is 22.6. The quantitative estimate of drug-likeness (QED) is 0.177. The van der Waals surface area contributed by atoms with Gasteiger partial charge in [0, 0.05) is 36.9 Å². The molecule has 2 aromatic heterocycles. The van der Waals surface area contributed by atoms with Crippen LogP contribution in [0, 0.1) is 0 Å². The van der Waals surface area contributed by atoms with E-state index in [1.807, 2.05) is 0 Å². The molecule has 0 fully saturated rings. The third-order valence-electron chi connectivity index (χ3n) is 13.7. The Morgan fingerprint density at radius 2 is 0.750 bits per heavy atom. The molecule has 0 bridgehead atoms. The van der Waals surface area contributed by atoms with Crippen molar-refractivity contribution in [2.24, 2.45) is 0 Å². The van der Waals surface area contributed by atoms with E-state index in [0.717, 1.165) is 22.1 Å². The minimum Gasteiger partial charge on any atom is -0.208 e. The molecule has 0 atom stereocenters. The summed E-state index contributed by atoms with van der Waals surface area (Å²) in [5.41, 5.74) is 15.1. The summed E-state index contributed by atoms with van der Waals surface area (Å²) in [7, 11) is 0. The third-order valence-corrected chi connectivity index (χ3v) is 14.9. The fraction of sp³-hybridized carbons (Fsp3) is 0.0167. The topological polar surface area (TPSA) is 38.7 Å². The Balaban J connectivity index is 0.968. The van der Waals surface area contributed by atoms with Crippen LogP contribution in [0.2, 0.25) is 0 Å². The zero-order chi connectivity index (χ0) is 41.9. The Bertz CT molecular complexity index is 3870. The van der Waals surface area contributed by atoms with Crippen molar-refractivity contribution in [2.75, 3.05) is 0 Å². The van der Waals surface area contributed by atoms with Gasteiger partial charge in [-0.2, -0.15) is 0 Å². The van der Waals surface area contributed by atoms with Crippen LogP contribution in [0.25, 0.3) is 109 Å². The van der Waals surface area contributed by atoms with E-state index in [2.05, 4.69) is 212 Å². The second kappa shape index (κ2) is 13.5. The molecule has 0 N–H and O–H groups in total. The lowest BCUT2D eigenvalue weighted by atomic mass is 9.70. The second-order valence-electron chi connectivity index (χ2n) is 17.1. The summed E-state index contributed by atoms with van der Waals surface area (Å²) in [6, 6.07) is 77.4. The normalized spacial score (nSPS) is 13.1. The summed E-state index contributed by atoms with van der Waals surface area (Å²) in [6.07, 6.45) is 0. The van der Waals surface area contributed by atoms with Gasteiger partial charge in [0.25, 0.3) is 0 Å². The summed E-state index contributed by atoms with van der Waals surface area (Å²) in [5, 5.41) is 7.24. The molecule has 296 valence electrons. The van der Waals surface area contributed by atoms with Crippen LogP contribution < -0.4 is 0 Å². The highest BCUT2D eigenvalue weighted by atomic mass is 32.1. The maximum absolute atomic E-state index is 5.41. The van der Waals surface area contributed by atoms with Crippen molar-refractivity contribution in [3.63, 3.8) is 0 Å². The zero-order valence-electron chi connectivity index (χ0n) is 34.5. The van der Waals surface area contributed by atoms with Crippen molar-refractivity contribution in [1.82, 2.24) is 15.0 Å². The lowest BCUT2D eigenvalue weighted by Crippen LogP contribution is -2.25. The maximum atomic E-state index is 5.41. The number of rotatable bonds is 4. The van der Waals surface area contributed by atoms with Gasteiger partial charge in [0.2, 0.25) is 0 Å². The standard InChI is InChI=1S/C60H35N3S/c1-2-13-37-32-38(25-24-36(37)12-1)39-26-27-41-34-42(29-28-40(41)33-39)57-61-58(63-59(62-57)50-19-11-18-49-48-17-6-10-23-55(48)64-56(49)50)43-30-31-47-46-16-5-9-22-53(46)60(54(47)35-43)51-20-7-3-14-44(51)45-15-4-8-21-52(45)60/h1-35H. The molecule has 0 unspecified atom stereocenters. The van der Waals surface area contributed by atoms with E-state index in [0.29, 0.717) is 17.5 Å². The van der Waals surface area contributed by atoms with Gasteiger partial charge in [-0.1, -0.05) is 176 Å². The predicted molar refractivity (Wildman–Crippen MR) is 266 cm³/mol. The zero-order valence-corrected chi connectivity index (χ0v) is 35.3. The molecule has 0 aliphatic heterocycles. The highest BCUT2D eigenvalue weighted by Crippen LogP contribution is 2.63. The largest absolute Gasteiger partial charge is 0.208 e. The van der Waals surface area contributed by atoms with Crippen LogP contribution in [0.5, 0.6) is 0 Å². The Hall–Kier alpha value is -8.05. The van der Waals surface area contributed by atoms with E-state index in [1.54, 1.807) is 11.3 Å². The van der Waals surface area contributed by atoms with Crippen LogP contribution in [-0.4, -0.2) is 15.0 Å². The van der Waals surface area contributed by atoms with E-state index in [4.69, 9.17) is 15.0 Å². The van der Waals surface area contributed by atoms with Gasteiger partial charge in [-0.15, -0.1) is 11.3 Å². The average Bonchev–Trinajstić information content (AvgIpc) is 4.00. The summed E-state index contributed by atoms with van der Waals surface area (Å²) in [6.45, 7) is 0. The molecule has 4 heteroatoms. The third kappa shape index (κ3) is 5.06. The predicted octanol–water partition coefficient (Wildman–Crippen LogP) is 15.6. The molecule has 14 rings (SSSR count). The lowest BCUT2D eigenvalue weighted by molar-refractivity contribution is 0.794. The SMILES string of the molecule is c1ccc2c(c1)-c1ccccc1C21c2ccccc2-c2ccc(-c3nc(-c4ccc5cc(-c6ccc7ccccc7c6)ccc5c4)nc(-c4cccc5c4sc4ccccc45)n3)cc21. The van der Waals surface area contributed by atoms with E-state index in [-0.39, 0.29) is 0 Å². The van der Waals surface area contributed by atoms with Crippen molar-refractivity contribution < 1.29 is 0 Å². The Morgan fingerprint density at radius 1 is 0.297 bits per heavy atom. The summed E-state index contributed by atoms with van der Waals surface area (Å²) < 4.78 is 2.42. The van der Waals surface area contributed by atoms with Crippen molar-refractivity contribution >= 4 is 53.1 Å². The van der Waals surface area contributed by atoms with Crippen LogP contribution >= 0.6 is 11.3 Å². The minimum atomic E-state index is -0.472. The smallest absolute Gasteiger partial charge is 0.165 e. The molecule has 64 heavy (non-hydrogen) atoms. The molecule has 2 aliphatic rings. The molecule has 2 heterocycles. The van der Waals surface area contributed by atoms with Gasteiger partial charge in [-0.3, -0.25) is 0 Å². The Labute approximate surface area is 373 Å². The van der Waals surface area contributed by atoms with Crippen molar-refractivity contribution in [2.45, 2.75) is 5.41 Å². The van der Waals surface area contributed by atoms with Crippen molar-refractivity contribution in [3.8, 4) is 67.5 Å². The fourth-order valence-corrected chi connectivity index (χ4v) is 12.1. The van der Waals surface area contributed by atoms with Gasteiger partial charge in [-0.25, -0.2) is 15.0 Å². The molecule has 0 radical (unpaired) electrons.